The monoisotopic (exact) mass is 189 g/mol. The normalized spacial score (nSPS) is 10.7. The van der Waals surface area contributed by atoms with Gasteiger partial charge in [-0.2, -0.15) is 5.10 Å². The third kappa shape index (κ3) is 1.51. The van der Waals surface area contributed by atoms with Gasteiger partial charge in [-0.1, -0.05) is 0 Å². The summed E-state index contributed by atoms with van der Waals surface area (Å²) in [6, 6.07) is 1.98. The molecule has 0 atom stereocenters. The molecule has 0 unspecified atom stereocenters. The molecule has 0 bridgehead atoms. The van der Waals surface area contributed by atoms with Gasteiger partial charge in [0.25, 0.3) is 0 Å². The van der Waals surface area contributed by atoms with Gasteiger partial charge in [0.1, 0.15) is 5.52 Å². The van der Waals surface area contributed by atoms with Crippen molar-refractivity contribution in [3.8, 4) is 0 Å². The van der Waals surface area contributed by atoms with E-state index in [4.69, 9.17) is 0 Å². The lowest BCUT2D eigenvalue weighted by Crippen LogP contribution is -2.07. The van der Waals surface area contributed by atoms with E-state index in [1.54, 1.807) is 24.0 Å². The molecule has 72 valence electrons. The van der Waals surface area contributed by atoms with Crippen molar-refractivity contribution in [2.75, 3.05) is 0 Å². The van der Waals surface area contributed by atoms with Crippen LogP contribution in [-0.2, 0) is 11.3 Å². The number of aryl methyl sites for hydroxylation is 1. The zero-order chi connectivity index (χ0) is 10.1. The molecule has 14 heavy (non-hydrogen) atoms. The summed E-state index contributed by atoms with van der Waals surface area (Å²) in [5.41, 5.74) is 2.82. The molecule has 0 aromatic carbocycles. The molecule has 2 aromatic heterocycles. The van der Waals surface area contributed by atoms with E-state index in [9.17, 15) is 4.79 Å². The Balaban J connectivity index is 2.55. The summed E-state index contributed by atoms with van der Waals surface area (Å²) in [6.07, 6.45) is 3.47. The van der Waals surface area contributed by atoms with Crippen LogP contribution in [0.3, 0.4) is 0 Å². The van der Waals surface area contributed by atoms with Gasteiger partial charge < -0.3 is 0 Å². The van der Waals surface area contributed by atoms with E-state index < -0.39 is 0 Å². The highest BCUT2D eigenvalue weighted by Gasteiger charge is 2.04. The first-order chi connectivity index (χ1) is 6.66. The van der Waals surface area contributed by atoms with Crippen molar-refractivity contribution < 1.29 is 4.79 Å². The quantitative estimate of drug-likeness (QED) is 0.716. The van der Waals surface area contributed by atoms with Crippen molar-refractivity contribution in [2.24, 2.45) is 0 Å². The molecule has 0 amide bonds. The standard InChI is InChI=1S/C10H11N3O/c1-7-3-10-9(11-4-7)5-12-13(10)6-8(2)14/h3-5H,6H2,1-2H3. The maximum absolute atomic E-state index is 11.0. The molecule has 0 aliphatic carbocycles. The van der Waals surface area contributed by atoms with Gasteiger partial charge in [0, 0.05) is 6.20 Å². The summed E-state index contributed by atoms with van der Waals surface area (Å²) in [4.78, 5) is 15.2. The molecule has 0 saturated heterocycles. The van der Waals surface area contributed by atoms with Gasteiger partial charge in [-0.15, -0.1) is 0 Å². The lowest BCUT2D eigenvalue weighted by molar-refractivity contribution is -0.117. The summed E-state index contributed by atoms with van der Waals surface area (Å²) in [5, 5.41) is 4.11. The number of hydrogen-bond donors (Lipinski definition) is 0. The lowest BCUT2D eigenvalue weighted by Gasteiger charge is -1.99. The molecular formula is C10H11N3O. The van der Waals surface area contributed by atoms with Crippen LogP contribution in [0.15, 0.2) is 18.5 Å². The Labute approximate surface area is 81.6 Å². The third-order valence-electron chi connectivity index (χ3n) is 2.00. The molecule has 0 saturated carbocycles. The molecular weight excluding hydrogens is 178 g/mol. The number of aromatic nitrogens is 3. The van der Waals surface area contributed by atoms with E-state index in [0.717, 1.165) is 16.6 Å². The van der Waals surface area contributed by atoms with E-state index >= 15 is 0 Å². The van der Waals surface area contributed by atoms with Crippen LogP contribution in [0.2, 0.25) is 0 Å². The van der Waals surface area contributed by atoms with Crippen molar-refractivity contribution in [3.05, 3.63) is 24.0 Å². The van der Waals surface area contributed by atoms with Gasteiger partial charge >= 0.3 is 0 Å². The summed E-state index contributed by atoms with van der Waals surface area (Å²) < 4.78 is 1.68. The largest absolute Gasteiger partial charge is 0.298 e. The van der Waals surface area contributed by atoms with Gasteiger partial charge in [0.05, 0.1) is 18.3 Å². The molecule has 4 nitrogen and oxygen atoms in total. The summed E-state index contributed by atoms with van der Waals surface area (Å²) in [5.74, 6) is 0.0940. The Bertz CT molecular complexity index is 487. The van der Waals surface area contributed by atoms with Crippen molar-refractivity contribution in [1.29, 1.82) is 0 Å². The fraction of sp³-hybridized carbons (Fsp3) is 0.300. The topological polar surface area (TPSA) is 47.8 Å². The van der Waals surface area contributed by atoms with E-state index in [-0.39, 0.29) is 5.78 Å². The number of ketones is 1. The number of Topliss-reactive ketones (excluding diaryl/α,β-unsaturated/α-hetero) is 1. The molecule has 0 N–H and O–H groups in total. The van der Waals surface area contributed by atoms with Crippen LogP contribution in [0.5, 0.6) is 0 Å². The van der Waals surface area contributed by atoms with Crippen LogP contribution in [0, 0.1) is 6.92 Å². The van der Waals surface area contributed by atoms with Gasteiger partial charge in [-0.3, -0.25) is 14.5 Å². The molecule has 4 heteroatoms. The van der Waals surface area contributed by atoms with Crippen LogP contribution in [0.1, 0.15) is 12.5 Å². The predicted molar refractivity (Wildman–Crippen MR) is 52.9 cm³/mol. The number of rotatable bonds is 2. The van der Waals surface area contributed by atoms with Crippen molar-refractivity contribution in [3.63, 3.8) is 0 Å². The zero-order valence-electron chi connectivity index (χ0n) is 8.19. The van der Waals surface area contributed by atoms with Gasteiger partial charge in [0.15, 0.2) is 5.78 Å². The SMILES string of the molecule is CC(=O)Cn1ncc2ncc(C)cc21. The Morgan fingerprint density at radius 1 is 1.50 bits per heavy atom. The van der Waals surface area contributed by atoms with Gasteiger partial charge in [-0.25, -0.2) is 0 Å². The zero-order valence-corrected chi connectivity index (χ0v) is 8.19. The van der Waals surface area contributed by atoms with Crippen LogP contribution in [0.25, 0.3) is 11.0 Å². The Kier molecular flexibility index (Phi) is 2.04. The van der Waals surface area contributed by atoms with E-state index in [1.807, 2.05) is 13.0 Å². The Hall–Kier alpha value is -1.71. The van der Waals surface area contributed by atoms with Gasteiger partial charge in [0.2, 0.25) is 0 Å². The second kappa shape index (κ2) is 3.21. The van der Waals surface area contributed by atoms with Crippen molar-refractivity contribution >= 4 is 16.8 Å². The molecule has 2 aromatic rings. The number of carbonyl (C=O) groups excluding carboxylic acids is 1. The average Bonchev–Trinajstić information content (AvgIpc) is 2.47. The smallest absolute Gasteiger partial charge is 0.151 e. The second-order valence-corrected chi connectivity index (χ2v) is 3.42. The number of fused-ring (bicyclic) bond motifs is 1. The maximum Gasteiger partial charge on any atom is 0.151 e. The predicted octanol–water partition coefficient (Wildman–Crippen LogP) is 1.33. The highest BCUT2D eigenvalue weighted by molar-refractivity contribution is 5.79. The summed E-state index contributed by atoms with van der Waals surface area (Å²) in [6.45, 7) is 3.84. The summed E-state index contributed by atoms with van der Waals surface area (Å²) >= 11 is 0. The Morgan fingerprint density at radius 3 is 3.00 bits per heavy atom. The van der Waals surface area contributed by atoms with Crippen molar-refractivity contribution in [2.45, 2.75) is 20.4 Å². The highest BCUT2D eigenvalue weighted by Crippen LogP contribution is 2.12. The first kappa shape index (κ1) is 8.87. The minimum atomic E-state index is 0.0940. The van der Waals surface area contributed by atoms with E-state index in [0.29, 0.717) is 6.54 Å². The van der Waals surface area contributed by atoms with Crippen molar-refractivity contribution in [1.82, 2.24) is 14.8 Å². The molecule has 2 rings (SSSR count). The van der Waals surface area contributed by atoms with Gasteiger partial charge in [-0.05, 0) is 25.5 Å². The Morgan fingerprint density at radius 2 is 2.29 bits per heavy atom. The minimum Gasteiger partial charge on any atom is -0.298 e. The second-order valence-electron chi connectivity index (χ2n) is 3.42. The maximum atomic E-state index is 11.0. The summed E-state index contributed by atoms with van der Waals surface area (Å²) in [7, 11) is 0. The van der Waals surface area contributed by atoms with E-state index in [2.05, 4.69) is 10.1 Å². The average molecular weight is 189 g/mol. The number of pyridine rings is 1. The van der Waals surface area contributed by atoms with Crippen LogP contribution >= 0.6 is 0 Å². The fourth-order valence-electron chi connectivity index (χ4n) is 1.39. The molecule has 2 heterocycles. The van der Waals surface area contributed by atoms with Crippen LogP contribution in [0.4, 0.5) is 0 Å². The first-order valence-electron chi connectivity index (χ1n) is 4.44. The number of hydrogen-bond acceptors (Lipinski definition) is 3. The number of nitrogens with zero attached hydrogens (tertiary/aromatic N) is 3. The third-order valence-corrected chi connectivity index (χ3v) is 2.00. The van der Waals surface area contributed by atoms with E-state index in [1.165, 1.54) is 0 Å². The molecule has 0 radical (unpaired) electrons. The highest BCUT2D eigenvalue weighted by atomic mass is 16.1. The van der Waals surface area contributed by atoms with Crippen LogP contribution in [-0.4, -0.2) is 20.5 Å². The lowest BCUT2D eigenvalue weighted by atomic mass is 10.3. The minimum absolute atomic E-state index is 0.0940. The molecule has 0 fully saturated rings. The molecule has 0 aliphatic rings. The van der Waals surface area contributed by atoms with Crippen LogP contribution < -0.4 is 0 Å². The first-order valence-corrected chi connectivity index (χ1v) is 4.44. The number of carbonyl (C=O) groups is 1. The molecule has 0 spiro atoms. The molecule has 0 aliphatic heterocycles. The fourth-order valence-corrected chi connectivity index (χ4v) is 1.39.